The van der Waals surface area contributed by atoms with Crippen molar-refractivity contribution in [1.82, 2.24) is 4.57 Å². The van der Waals surface area contributed by atoms with Crippen molar-refractivity contribution in [1.29, 1.82) is 0 Å². The van der Waals surface area contributed by atoms with Crippen LogP contribution < -0.4 is 0 Å². The van der Waals surface area contributed by atoms with E-state index in [-0.39, 0.29) is 5.41 Å². The van der Waals surface area contributed by atoms with Crippen LogP contribution in [0.2, 0.25) is 0 Å². The van der Waals surface area contributed by atoms with Gasteiger partial charge >= 0.3 is 0 Å². The lowest BCUT2D eigenvalue weighted by atomic mass is 9.96. The number of fused-ring (bicyclic) bond motifs is 3. The van der Waals surface area contributed by atoms with Crippen LogP contribution in [0.25, 0.3) is 21.8 Å². The Labute approximate surface area is 119 Å². The summed E-state index contributed by atoms with van der Waals surface area (Å²) in [6.07, 6.45) is 0. The summed E-state index contributed by atoms with van der Waals surface area (Å²) in [6, 6.07) is 17.3. The third-order valence-corrected chi connectivity index (χ3v) is 4.55. The Morgan fingerprint density at radius 3 is 1.84 bits per heavy atom. The van der Waals surface area contributed by atoms with E-state index in [9.17, 15) is 0 Å². The number of rotatable bonds is 3. The van der Waals surface area contributed by atoms with E-state index < -0.39 is 0 Å². The smallest absolute Gasteiger partial charge is 0.0491 e. The summed E-state index contributed by atoms with van der Waals surface area (Å²) in [4.78, 5) is 0. The fraction of sp³-hybridized carbons (Fsp3) is 0.294. The van der Waals surface area contributed by atoms with Crippen LogP contribution in [0.5, 0.6) is 0 Å². The number of thiol groups is 1. The SMILES string of the molecule is CC(C)(CS)Cn1c2ccccc2c2ccccc21. The third kappa shape index (κ3) is 2.14. The highest BCUT2D eigenvalue weighted by Crippen LogP contribution is 2.31. The number of benzene rings is 2. The molecule has 0 aliphatic rings. The zero-order chi connectivity index (χ0) is 13.5. The third-order valence-electron chi connectivity index (χ3n) is 3.69. The van der Waals surface area contributed by atoms with Gasteiger partial charge in [-0.25, -0.2) is 0 Å². The predicted molar refractivity (Wildman–Crippen MR) is 87.1 cm³/mol. The quantitative estimate of drug-likeness (QED) is 0.655. The molecule has 1 nitrogen and oxygen atoms in total. The van der Waals surface area contributed by atoms with E-state index in [0.717, 1.165) is 12.3 Å². The molecule has 0 saturated heterocycles. The second-order valence-corrected chi connectivity index (χ2v) is 6.26. The number of aromatic nitrogens is 1. The Balaban J connectivity index is 2.31. The van der Waals surface area contributed by atoms with Crippen LogP contribution in [0.15, 0.2) is 48.5 Å². The molecule has 0 unspecified atom stereocenters. The lowest BCUT2D eigenvalue weighted by molar-refractivity contribution is 0.364. The summed E-state index contributed by atoms with van der Waals surface area (Å²) in [7, 11) is 0. The van der Waals surface area contributed by atoms with Crippen molar-refractivity contribution in [2.75, 3.05) is 5.75 Å². The first-order valence-corrected chi connectivity index (χ1v) is 7.32. The van der Waals surface area contributed by atoms with Crippen molar-refractivity contribution >= 4 is 34.4 Å². The second-order valence-electron chi connectivity index (χ2n) is 5.94. The van der Waals surface area contributed by atoms with E-state index in [1.54, 1.807) is 0 Å². The molecule has 1 heterocycles. The van der Waals surface area contributed by atoms with Gasteiger partial charge in [0.2, 0.25) is 0 Å². The van der Waals surface area contributed by atoms with Gasteiger partial charge in [0.25, 0.3) is 0 Å². The largest absolute Gasteiger partial charge is 0.340 e. The number of nitrogens with zero attached hydrogens (tertiary/aromatic N) is 1. The number of para-hydroxylation sites is 2. The molecular formula is C17H19NS. The Morgan fingerprint density at radius 2 is 1.37 bits per heavy atom. The summed E-state index contributed by atoms with van der Waals surface area (Å²) in [5.74, 6) is 0.883. The van der Waals surface area contributed by atoms with Gasteiger partial charge < -0.3 is 4.57 Å². The molecule has 0 saturated carbocycles. The molecule has 3 aromatic rings. The van der Waals surface area contributed by atoms with Crippen molar-refractivity contribution < 1.29 is 0 Å². The van der Waals surface area contributed by atoms with E-state index in [1.807, 2.05) is 0 Å². The molecule has 0 radical (unpaired) electrons. The average Bonchev–Trinajstić information content (AvgIpc) is 2.74. The van der Waals surface area contributed by atoms with Gasteiger partial charge in [-0.2, -0.15) is 12.6 Å². The first-order valence-electron chi connectivity index (χ1n) is 6.69. The molecule has 0 amide bonds. The minimum absolute atomic E-state index is 0.188. The molecule has 0 N–H and O–H groups in total. The molecule has 3 rings (SSSR count). The zero-order valence-corrected chi connectivity index (χ0v) is 12.3. The first-order chi connectivity index (χ1) is 9.12. The maximum absolute atomic E-state index is 4.49. The molecule has 0 atom stereocenters. The first kappa shape index (κ1) is 12.6. The van der Waals surface area contributed by atoms with Crippen molar-refractivity contribution in [2.45, 2.75) is 20.4 Å². The lowest BCUT2D eigenvalue weighted by Gasteiger charge is -2.24. The summed E-state index contributed by atoms with van der Waals surface area (Å²) >= 11 is 4.49. The predicted octanol–water partition coefficient (Wildman–Crippen LogP) is 4.75. The zero-order valence-electron chi connectivity index (χ0n) is 11.4. The van der Waals surface area contributed by atoms with E-state index in [4.69, 9.17) is 0 Å². The fourth-order valence-corrected chi connectivity index (χ4v) is 2.75. The van der Waals surface area contributed by atoms with E-state index >= 15 is 0 Å². The summed E-state index contributed by atoms with van der Waals surface area (Å²) in [5.41, 5.74) is 2.82. The molecule has 0 aliphatic heterocycles. The van der Waals surface area contributed by atoms with Crippen LogP contribution in [0.3, 0.4) is 0 Å². The summed E-state index contributed by atoms with van der Waals surface area (Å²) < 4.78 is 2.43. The van der Waals surface area contributed by atoms with Gasteiger partial charge in [-0.05, 0) is 23.3 Å². The van der Waals surface area contributed by atoms with Gasteiger partial charge in [-0.15, -0.1) is 0 Å². The minimum Gasteiger partial charge on any atom is -0.340 e. The second kappa shape index (κ2) is 4.61. The monoisotopic (exact) mass is 269 g/mol. The molecule has 0 fully saturated rings. The van der Waals surface area contributed by atoms with Crippen LogP contribution in [0.1, 0.15) is 13.8 Å². The van der Waals surface area contributed by atoms with Gasteiger partial charge in [0.15, 0.2) is 0 Å². The molecule has 0 spiro atoms. The molecule has 2 aromatic carbocycles. The average molecular weight is 269 g/mol. The Hall–Kier alpha value is -1.41. The maximum Gasteiger partial charge on any atom is 0.0491 e. The number of hydrogen-bond donors (Lipinski definition) is 1. The number of hydrogen-bond acceptors (Lipinski definition) is 1. The maximum atomic E-state index is 4.49. The van der Waals surface area contributed by atoms with E-state index in [0.29, 0.717) is 0 Å². The van der Waals surface area contributed by atoms with Crippen molar-refractivity contribution in [2.24, 2.45) is 5.41 Å². The highest BCUT2D eigenvalue weighted by molar-refractivity contribution is 7.80. The summed E-state index contributed by atoms with van der Waals surface area (Å²) in [6.45, 7) is 5.53. The van der Waals surface area contributed by atoms with Gasteiger partial charge in [-0.1, -0.05) is 50.2 Å². The molecule has 0 bridgehead atoms. The minimum atomic E-state index is 0.188. The molecule has 1 aromatic heterocycles. The van der Waals surface area contributed by atoms with Gasteiger partial charge in [-0.3, -0.25) is 0 Å². The molecular weight excluding hydrogens is 250 g/mol. The van der Waals surface area contributed by atoms with E-state index in [1.165, 1.54) is 21.8 Å². The van der Waals surface area contributed by atoms with Crippen LogP contribution >= 0.6 is 12.6 Å². The standard InChI is InChI=1S/C17H19NS/c1-17(2,12-19)11-18-15-9-5-3-7-13(15)14-8-4-6-10-16(14)18/h3-10,19H,11-12H2,1-2H3. The van der Waals surface area contributed by atoms with Gasteiger partial charge in [0.1, 0.15) is 0 Å². The topological polar surface area (TPSA) is 4.93 Å². The van der Waals surface area contributed by atoms with Crippen LogP contribution in [0.4, 0.5) is 0 Å². The summed E-state index contributed by atoms with van der Waals surface area (Å²) in [5, 5.41) is 2.68. The highest BCUT2D eigenvalue weighted by Gasteiger charge is 2.19. The lowest BCUT2D eigenvalue weighted by Crippen LogP contribution is -2.21. The fourth-order valence-electron chi connectivity index (χ4n) is 2.65. The molecule has 98 valence electrons. The highest BCUT2D eigenvalue weighted by atomic mass is 32.1. The van der Waals surface area contributed by atoms with Gasteiger partial charge in [0.05, 0.1) is 0 Å². The Kier molecular flexibility index (Phi) is 3.06. The Bertz CT molecular complexity index is 671. The van der Waals surface area contributed by atoms with E-state index in [2.05, 4.69) is 79.6 Å². The molecule has 19 heavy (non-hydrogen) atoms. The molecule has 2 heteroatoms. The van der Waals surface area contributed by atoms with Crippen molar-refractivity contribution in [3.05, 3.63) is 48.5 Å². The van der Waals surface area contributed by atoms with Crippen LogP contribution in [0, 0.1) is 5.41 Å². The van der Waals surface area contributed by atoms with Crippen molar-refractivity contribution in [3.63, 3.8) is 0 Å². The van der Waals surface area contributed by atoms with Crippen LogP contribution in [-0.2, 0) is 6.54 Å². The molecule has 0 aliphatic carbocycles. The van der Waals surface area contributed by atoms with Crippen LogP contribution in [-0.4, -0.2) is 10.3 Å². The van der Waals surface area contributed by atoms with Crippen molar-refractivity contribution in [3.8, 4) is 0 Å². The normalized spacial score (nSPS) is 12.4. The Morgan fingerprint density at radius 1 is 0.895 bits per heavy atom. The van der Waals surface area contributed by atoms with Gasteiger partial charge in [0, 0.05) is 28.4 Å².